The number of imide groups is 1. The van der Waals surface area contributed by atoms with Gasteiger partial charge in [-0.25, -0.2) is 4.79 Å². The van der Waals surface area contributed by atoms with Crippen LogP contribution in [-0.4, -0.2) is 59.2 Å². The van der Waals surface area contributed by atoms with Gasteiger partial charge in [0.2, 0.25) is 11.8 Å². The summed E-state index contributed by atoms with van der Waals surface area (Å²) < 4.78 is 0. The molecule has 28 heavy (non-hydrogen) atoms. The first-order chi connectivity index (χ1) is 13.1. The third-order valence-electron chi connectivity index (χ3n) is 5.67. The summed E-state index contributed by atoms with van der Waals surface area (Å²) in [5, 5.41) is 5.50. The molecule has 8 nitrogen and oxygen atoms in total. The van der Waals surface area contributed by atoms with E-state index in [1.807, 2.05) is 26.0 Å². The van der Waals surface area contributed by atoms with E-state index in [1.54, 1.807) is 13.0 Å². The molecule has 1 saturated carbocycles. The van der Waals surface area contributed by atoms with E-state index in [2.05, 4.69) is 10.6 Å². The van der Waals surface area contributed by atoms with Crippen LogP contribution < -0.4 is 10.6 Å². The zero-order valence-electron chi connectivity index (χ0n) is 16.7. The minimum atomic E-state index is -0.921. The number of nitrogens with zero attached hydrogens (tertiary/aromatic N) is 2. The number of amides is 5. The summed E-state index contributed by atoms with van der Waals surface area (Å²) in [5.74, 6) is -1.06. The fraction of sp³-hybridized carbons (Fsp3) is 0.500. The van der Waals surface area contributed by atoms with E-state index in [0.717, 1.165) is 28.9 Å². The van der Waals surface area contributed by atoms with Gasteiger partial charge in [0, 0.05) is 12.7 Å². The smallest absolute Gasteiger partial charge is 0.325 e. The quantitative estimate of drug-likeness (QED) is 0.723. The van der Waals surface area contributed by atoms with Gasteiger partial charge in [-0.05, 0) is 56.7 Å². The van der Waals surface area contributed by atoms with Gasteiger partial charge in [-0.2, -0.15) is 0 Å². The molecular weight excluding hydrogens is 360 g/mol. The van der Waals surface area contributed by atoms with Crippen LogP contribution >= 0.6 is 0 Å². The molecule has 0 radical (unpaired) electrons. The van der Waals surface area contributed by atoms with Crippen LogP contribution in [0.15, 0.2) is 18.2 Å². The first-order valence-electron chi connectivity index (χ1n) is 9.37. The highest BCUT2D eigenvalue weighted by Crippen LogP contribution is 2.42. The molecule has 2 aliphatic rings. The van der Waals surface area contributed by atoms with Gasteiger partial charge >= 0.3 is 6.03 Å². The molecule has 1 aliphatic heterocycles. The van der Waals surface area contributed by atoms with Gasteiger partial charge in [0.25, 0.3) is 5.91 Å². The molecule has 150 valence electrons. The molecule has 1 saturated heterocycles. The van der Waals surface area contributed by atoms with Gasteiger partial charge in [0.1, 0.15) is 12.1 Å². The molecule has 1 aliphatic carbocycles. The Morgan fingerprint density at radius 1 is 1.29 bits per heavy atom. The van der Waals surface area contributed by atoms with Gasteiger partial charge in [0.15, 0.2) is 0 Å². The highest BCUT2D eigenvalue weighted by atomic mass is 16.2. The average molecular weight is 386 g/mol. The number of nitrogens with one attached hydrogen (secondary N) is 2. The monoisotopic (exact) mass is 386 g/mol. The van der Waals surface area contributed by atoms with Crippen LogP contribution in [0.4, 0.5) is 10.5 Å². The van der Waals surface area contributed by atoms with Gasteiger partial charge in [0.05, 0.1) is 6.54 Å². The summed E-state index contributed by atoms with van der Waals surface area (Å²) in [6.45, 7) is 5.02. The van der Waals surface area contributed by atoms with E-state index in [9.17, 15) is 19.2 Å². The van der Waals surface area contributed by atoms with Crippen molar-refractivity contribution in [3.63, 3.8) is 0 Å². The molecule has 2 fully saturated rings. The Hall–Kier alpha value is -2.90. The van der Waals surface area contributed by atoms with Gasteiger partial charge in [-0.3, -0.25) is 19.3 Å². The van der Waals surface area contributed by atoms with Crippen LogP contribution in [0.1, 0.15) is 30.9 Å². The molecule has 0 bridgehead atoms. The molecule has 5 amide bonds. The zero-order valence-corrected chi connectivity index (χ0v) is 16.7. The minimum Gasteiger partial charge on any atom is -0.335 e. The number of benzene rings is 1. The van der Waals surface area contributed by atoms with Crippen molar-refractivity contribution in [3.8, 4) is 0 Å². The molecule has 0 unspecified atom stereocenters. The number of aryl methyl sites for hydroxylation is 1. The van der Waals surface area contributed by atoms with E-state index < -0.39 is 17.5 Å². The van der Waals surface area contributed by atoms with Crippen LogP contribution in [0.5, 0.6) is 0 Å². The second-order valence-corrected chi connectivity index (χ2v) is 7.84. The Morgan fingerprint density at radius 2 is 1.96 bits per heavy atom. The lowest BCUT2D eigenvalue weighted by Gasteiger charge is -2.22. The normalized spacial score (nSPS) is 21.5. The zero-order chi connectivity index (χ0) is 20.6. The van der Waals surface area contributed by atoms with E-state index in [4.69, 9.17) is 0 Å². The van der Waals surface area contributed by atoms with Gasteiger partial charge in [-0.1, -0.05) is 12.1 Å². The van der Waals surface area contributed by atoms with E-state index >= 15 is 0 Å². The summed E-state index contributed by atoms with van der Waals surface area (Å²) in [7, 11) is 1.48. The Bertz CT molecular complexity index is 849. The lowest BCUT2D eigenvalue weighted by atomic mass is 9.96. The van der Waals surface area contributed by atoms with Gasteiger partial charge < -0.3 is 15.5 Å². The van der Waals surface area contributed by atoms with Crippen molar-refractivity contribution < 1.29 is 19.2 Å². The summed E-state index contributed by atoms with van der Waals surface area (Å²) in [6.07, 6.45) is 1.78. The third kappa shape index (κ3) is 3.72. The maximum Gasteiger partial charge on any atom is 0.325 e. The Balaban J connectivity index is 1.57. The van der Waals surface area contributed by atoms with Crippen molar-refractivity contribution in [2.75, 3.05) is 25.5 Å². The van der Waals surface area contributed by atoms with Crippen molar-refractivity contribution >= 4 is 29.4 Å². The van der Waals surface area contributed by atoms with Crippen LogP contribution in [0.25, 0.3) is 0 Å². The Labute approximate surface area is 164 Å². The molecule has 2 N–H and O–H groups in total. The van der Waals surface area contributed by atoms with Crippen LogP contribution in [-0.2, 0) is 14.4 Å². The van der Waals surface area contributed by atoms with Crippen molar-refractivity contribution in [1.29, 1.82) is 0 Å². The lowest BCUT2D eigenvalue weighted by Crippen LogP contribution is -2.47. The average Bonchev–Trinajstić information content (AvgIpc) is 3.45. The summed E-state index contributed by atoms with van der Waals surface area (Å²) in [6, 6.07) is 5.05. The van der Waals surface area contributed by atoms with Crippen molar-refractivity contribution in [2.24, 2.45) is 5.92 Å². The van der Waals surface area contributed by atoms with Crippen LogP contribution in [0.3, 0.4) is 0 Å². The second-order valence-electron chi connectivity index (χ2n) is 7.84. The fourth-order valence-electron chi connectivity index (χ4n) is 3.43. The maximum absolute atomic E-state index is 12.6. The molecule has 0 spiro atoms. The number of carbonyl (C=O) groups excluding carboxylic acids is 4. The first kappa shape index (κ1) is 19.9. The van der Waals surface area contributed by atoms with Crippen LogP contribution in [0, 0.1) is 19.8 Å². The second kappa shape index (κ2) is 7.26. The topological polar surface area (TPSA) is 98.8 Å². The number of hydrogen-bond acceptors (Lipinski definition) is 4. The number of likely N-dealkylation sites (N-methyl/N-ethyl adjacent to an activating group) is 1. The SMILES string of the molecule is Cc1cccc(NC(=O)CN(C)C(=O)CN2C(=O)N[C@@](C)(C3CC3)C2=O)c1C. The van der Waals surface area contributed by atoms with Crippen molar-refractivity contribution in [3.05, 3.63) is 29.3 Å². The number of hydrogen-bond donors (Lipinski definition) is 2. The summed E-state index contributed by atoms with van der Waals surface area (Å²) in [5.41, 5.74) is 1.79. The minimum absolute atomic E-state index is 0.130. The lowest BCUT2D eigenvalue weighted by molar-refractivity contribution is -0.139. The molecule has 1 atom stereocenters. The largest absolute Gasteiger partial charge is 0.335 e. The standard InChI is InChI=1S/C20H26N4O4/c1-12-6-5-7-15(13(12)2)21-16(25)10-23(4)17(26)11-24-18(27)20(3,14-8-9-14)22-19(24)28/h5-7,14H,8-11H2,1-4H3,(H,21,25)(H,22,28)/t20-/m0/s1. The number of rotatable bonds is 6. The molecule has 8 heteroatoms. The molecule has 1 aromatic carbocycles. The highest BCUT2D eigenvalue weighted by Gasteiger charge is 2.56. The maximum atomic E-state index is 12.6. The number of urea groups is 1. The predicted molar refractivity (Wildman–Crippen MR) is 104 cm³/mol. The van der Waals surface area contributed by atoms with Crippen molar-refractivity contribution in [1.82, 2.24) is 15.1 Å². The van der Waals surface area contributed by atoms with E-state index in [0.29, 0.717) is 5.69 Å². The highest BCUT2D eigenvalue weighted by molar-refractivity contribution is 6.09. The fourth-order valence-corrected chi connectivity index (χ4v) is 3.43. The molecule has 0 aromatic heterocycles. The third-order valence-corrected chi connectivity index (χ3v) is 5.67. The number of anilines is 1. The number of carbonyl (C=O) groups is 4. The van der Waals surface area contributed by atoms with Gasteiger partial charge in [-0.15, -0.1) is 0 Å². The molecule has 1 aromatic rings. The molecular formula is C20H26N4O4. The van der Waals surface area contributed by atoms with Crippen LogP contribution in [0.2, 0.25) is 0 Å². The summed E-state index contributed by atoms with van der Waals surface area (Å²) in [4.78, 5) is 51.7. The molecule has 3 rings (SSSR count). The van der Waals surface area contributed by atoms with E-state index in [-0.39, 0.29) is 30.8 Å². The Kier molecular flexibility index (Phi) is 5.14. The molecule has 1 heterocycles. The summed E-state index contributed by atoms with van der Waals surface area (Å²) >= 11 is 0. The van der Waals surface area contributed by atoms with E-state index in [1.165, 1.54) is 11.9 Å². The Morgan fingerprint density at radius 3 is 2.61 bits per heavy atom. The predicted octanol–water partition coefficient (Wildman–Crippen LogP) is 1.42. The first-order valence-corrected chi connectivity index (χ1v) is 9.37. The van der Waals surface area contributed by atoms with Crippen molar-refractivity contribution in [2.45, 2.75) is 39.2 Å².